The van der Waals surface area contributed by atoms with Crippen molar-refractivity contribution in [2.45, 2.75) is 25.2 Å². The van der Waals surface area contributed by atoms with E-state index in [1.54, 1.807) is 0 Å². The Balaban J connectivity index is 1.13. The number of aryl methyl sites for hydroxylation is 1. The van der Waals surface area contributed by atoms with Gasteiger partial charge in [-0.1, -0.05) is 78.9 Å². The maximum Gasteiger partial charge on any atom is 0.0898 e. The Hall–Kier alpha value is -5.61. The SMILES string of the molecule is C1=Nc2c(ccc3c2NCCC3)C(c2ccc(-n3c4ccccc4c4cc(N(c5ccccc5)c5ccccc5)ccc43)cc2)C1. The second kappa shape index (κ2) is 11.1. The van der Waals surface area contributed by atoms with E-state index in [0.29, 0.717) is 5.92 Å². The van der Waals surface area contributed by atoms with Gasteiger partial charge in [0.15, 0.2) is 0 Å². The molecule has 6 aromatic carbocycles. The quantitative estimate of drug-likeness (QED) is 0.215. The molecule has 0 saturated carbocycles. The first-order chi connectivity index (χ1) is 22.8. The molecule has 7 aromatic rings. The van der Waals surface area contributed by atoms with Gasteiger partial charge in [-0.3, -0.25) is 4.99 Å². The smallest absolute Gasteiger partial charge is 0.0898 e. The second-order valence-corrected chi connectivity index (χ2v) is 12.3. The van der Waals surface area contributed by atoms with Gasteiger partial charge in [0, 0.05) is 52.2 Å². The number of aliphatic imine (C=N–C) groups is 1. The van der Waals surface area contributed by atoms with Crippen molar-refractivity contribution in [3.8, 4) is 5.69 Å². The van der Waals surface area contributed by atoms with Crippen LogP contribution >= 0.6 is 0 Å². The van der Waals surface area contributed by atoms with E-state index in [1.807, 2.05) is 0 Å². The van der Waals surface area contributed by atoms with Crippen LogP contribution in [0.15, 0.2) is 145 Å². The lowest BCUT2D eigenvalue weighted by molar-refractivity contribution is 0.814. The first-order valence-electron chi connectivity index (χ1n) is 16.3. The van der Waals surface area contributed by atoms with Gasteiger partial charge < -0.3 is 14.8 Å². The van der Waals surface area contributed by atoms with Crippen molar-refractivity contribution in [1.29, 1.82) is 0 Å². The van der Waals surface area contributed by atoms with E-state index < -0.39 is 0 Å². The Bertz CT molecular complexity index is 2190. The van der Waals surface area contributed by atoms with Crippen LogP contribution in [0.4, 0.5) is 28.4 Å². The molecule has 4 nitrogen and oxygen atoms in total. The lowest BCUT2D eigenvalue weighted by Crippen LogP contribution is -2.15. The van der Waals surface area contributed by atoms with Crippen LogP contribution in [0.5, 0.6) is 0 Å². The molecule has 1 aromatic heterocycles. The third kappa shape index (κ3) is 4.40. The topological polar surface area (TPSA) is 32.6 Å². The zero-order chi connectivity index (χ0) is 30.5. The molecule has 222 valence electrons. The normalized spacial score (nSPS) is 15.3. The fourth-order valence-electron chi connectivity index (χ4n) is 7.49. The Morgan fingerprint density at radius 1 is 0.652 bits per heavy atom. The Kier molecular flexibility index (Phi) is 6.45. The highest BCUT2D eigenvalue weighted by Gasteiger charge is 2.25. The molecule has 0 saturated heterocycles. The number of hydrogen-bond acceptors (Lipinski definition) is 3. The van der Waals surface area contributed by atoms with Crippen molar-refractivity contribution in [2.24, 2.45) is 4.99 Å². The van der Waals surface area contributed by atoms with E-state index in [-0.39, 0.29) is 0 Å². The number of benzene rings is 6. The van der Waals surface area contributed by atoms with E-state index in [9.17, 15) is 0 Å². The summed E-state index contributed by atoms with van der Waals surface area (Å²) in [6.45, 7) is 1.02. The van der Waals surface area contributed by atoms with Gasteiger partial charge in [0.2, 0.25) is 0 Å². The fourth-order valence-corrected chi connectivity index (χ4v) is 7.49. The van der Waals surface area contributed by atoms with Gasteiger partial charge in [0.05, 0.1) is 22.4 Å². The van der Waals surface area contributed by atoms with Crippen molar-refractivity contribution in [2.75, 3.05) is 16.8 Å². The number of para-hydroxylation sites is 3. The summed E-state index contributed by atoms with van der Waals surface area (Å²) in [5.74, 6) is 0.304. The summed E-state index contributed by atoms with van der Waals surface area (Å²) in [6, 6.07) is 50.7. The van der Waals surface area contributed by atoms with E-state index in [0.717, 1.165) is 42.1 Å². The highest BCUT2D eigenvalue weighted by atomic mass is 15.1. The molecule has 1 atom stereocenters. The molecule has 9 rings (SSSR count). The summed E-state index contributed by atoms with van der Waals surface area (Å²) in [6.07, 6.45) is 5.34. The minimum atomic E-state index is 0.304. The molecule has 46 heavy (non-hydrogen) atoms. The molecule has 1 N–H and O–H groups in total. The zero-order valence-corrected chi connectivity index (χ0v) is 25.6. The Morgan fingerprint density at radius 2 is 1.37 bits per heavy atom. The molecule has 3 heterocycles. The van der Waals surface area contributed by atoms with Crippen molar-refractivity contribution in [3.63, 3.8) is 0 Å². The van der Waals surface area contributed by atoms with Crippen LogP contribution in [0.25, 0.3) is 27.5 Å². The molecule has 2 aliphatic heterocycles. The molecule has 0 aliphatic carbocycles. The predicted octanol–water partition coefficient (Wildman–Crippen LogP) is 10.8. The summed E-state index contributed by atoms with van der Waals surface area (Å²) < 4.78 is 2.41. The largest absolute Gasteiger partial charge is 0.383 e. The summed E-state index contributed by atoms with van der Waals surface area (Å²) >= 11 is 0. The minimum Gasteiger partial charge on any atom is -0.383 e. The summed E-state index contributed by atoms with van der Waals surface area (Å²) in [4.78, 5) is 7.20. The number of hydrogen-bond donors (Lipinski definition) is 1. The molecular weight excluding hydrogens is 560 g/mol. The van der Waals surface area contributed by atoms with Gasteiger partial charge in [-0.05, 0) is 96.6 Å². The molecule has 0 bridgehead atoms. The first kappa shape index (κ1) is 26.8. The predicted molar refractivity (Wildman–Crippen MR) is 193 cm³/mol. The average Bonchev–Trinajstić information content (AvgIpc) is 3.46. The lowest BCUT2D eigenvalue weighted by Gasteiger charge is -2.27. The Morgan fingerprint density at radius 3 is 2.15 bits per heavy atom. The summed E-state index contributed by atoms with van der Waals surface area (Å²) in [5.41, 5.74) is 13.4. The number of aromatic nitrogens is 1. The third-order valence-electron chi connectivity index (χ3n) is 9.65. The molecule has 0 radical (unpaired) electrons. The molecule has 2 aliphatic rings. The summed E-state index contributed by atoms with van der Waals surface area (Å²) in [5, 5.41) is 6.12. The number of rotatable bonds is 5. The van der Waals surface area contributed by atoms with Crippen LogP contribution in [0.1, 0.15) is 35.4 Å². The molecule has 0 spiro atoms. The van der Waals surface area contributed by atoms with Crippen molar-refractivity contribution < 1.29 is 0 Å². The Labute approximate surface area is 269 Å². The van der Waals surface area contributed by atoms with E-state index in [4.69, 9.17) is 4.99 Å². The van der Waals surface area contributed by atoms with Crippen LogP contribution in [0.2, 0.25) is 0 Å². The van der Waals surface area contributed by atoms with Gasteiger partial charge in [0.1, 0.15) is 0 Å². The van der Waals surface area contributed by atoms with Gasteiger partial charge in [-0.25, -0.2) is 0 Å². The molecule has 4 heteroatoms. The van der Waals surface area contributed by atoms with E-state index in [1.165, 1.54) is 56.3 Å². The fraction of sp³-hybridized carbons (Fsp3) is 0.119. The molecular formula is C42H34N4. The maximum absolute atomic E-state index is 4.87. The highest BCUT2D eigenvalue weighted by Crippen LogP contribution is 2.45. The number of nitrogens with zero attached hydrogens (tertiary/aromatic N) is 3. The number of fused-ring (bicyclic) bond motifs is 6. The van der Waals surface area contributed by atoms with Crippen molar-refractivity contribution >= 4 is 56.5 Å². The van der Waals surface area contributed by atoms with E-state index >= 15 is 0 Å². The second-order valence-electron chi connectivity index (χ2n) is 12.3. The van der Waals surface area contributed by atoms with Crippen LogP contribution in [0, 0.1) is 0 Å². The molecule has 1 unspecified atom stereocenters. The minimum absolute atomic E-state index is 0.304. The number of anilines is 4. The average molecular weight is 595 g/mol. The highest BCUT2D eigenvalue weighted by molar-refractivity contribution is 6.10. The monoisotopic (exact) mass is 594 g/mol. The van der Waals surface area contributed by atoms with Gasteiger partial charge in [-0.2, -0.15) is 0 Å². The zero-order valence-electron chi connectivity index (χ0n) is 25.6. The van der Waals surface area contributed by atoms with Crippen LogP contribution < -0.4 is 10.2 Å². The lowest BCUT2D eigenvalue weighted by atomic mass is 9.84. The van der Waals surface area contributed by atoms with Crippen LogP contribution in [-0.2, 0) is 6.42 Å². The summed E-state index contributed by atoms with van der Waals surface area (Å²) in [7, 11) is 0. The molecule has 0 fully saturated rings. The standard InChI is InChI=1S/C42H34N4/c1-3-11-31(12-4-1)45(32-13-5-2-6-14-32)34-22-24-40-38(28-34)36-15-7-8-16-39(36)46(40)33-20-17-29(18-21-33)35-25-27-44-42-37(35)23-19-30-10-9-26-43-41(30)42/h1-8,11-24,27-28,35,43H,9-10,25-26H2. The third-order valence-corrected chi connectivity index (χ3v) is 9.65. The van der Waals surface area contributed by atoms with E-state index in [2.05, 4.69) is 161 Å². The van der Waals surface area contributed by atoms with Crippen molar-refractivity contribution in [3.05, 3.63) is 156 Å². The van der Waals surface area contributed by atoms with Gasteiger partial charge in [0.25, 0.3) is 0 Å². The van der Waals surface area contributed by atoms with Crippen LogP contribution in [0.3, 0.4) is 0 Å². The van der Waals surface area contributed by atoms with Crippen LogP contribution in [-0.4, -0.2) is 17.3 Å². The maximum atomic E-state index is 4.87. The number of nitrogens with one attached hydrogen (secondary N) is 1. The van der Waals surface area contributed by atoms with Crippen molar-refractivity contribution in [1.82, 2.24) is 4.57 Å². The van der Waals surface area contributed by atoms with Gasteiger partial charge >= 0.3 is 0 Å². The first-order valence-corrected chi connectivity index (χ1v) is 16.3. The van der Waals surface area contributed by atoms with Gasteiger partial charge in [-0.15, -0.1) is 0 Å². The molecule has 0 amide bonds.